The van der Waals surface area contributed by atoms with Crippen LogP contribution in [0.15, 0.2) is 24.3 Å². The molecule has 2 amide bonds. The van der Waals surface area contributed by atoms with Crippen LogP contribution in [0.5, 0.6) is 5.75 Å². The standard InChI is InChI=1S/C22H29N3O3/c1-28-18-7-6-17-14-20(23-19(17)15-18)22(27)25-12-8-16(9-13-25)21(26)24-10-4-2-3-5-11-24/h6-7,14-16,23H,2-5,8-13H2,1H3. The number of piperidine rings is 1. The number of H-pyrrole nitrogens is 1. The molecule has 6 nitrogen and oxygen atoms in total. The molecule has 2 aliphatic heterocycles. The van der Waals surface area contributed by atoms with Crippen LogP contribution in [0.3, 0.4) is 0 Å². The molecule has 150 valence electrons. The predicted molar refractivity (Wildman–Crippen MR) is 109 cm³/mol. The Balaban J connectivity index is 1.38. The third-order valence-electron chi connectivity index (χ3n) is 6.11. The molecule has 1 aromatic heterocycles. The number of carbonyl (C=O) groups excluding carboxylic acids is 2. The molecule has 1 N–H and O–H groups in total. The quantitative estimate of drug-likeness (QED) is 0.883. The van der Waals surface area contributed by atoms with E-state index in [1.54, 1.807) is 7.11 Å². The van der Waals surface area contributed by atoms with E-state index in [-0.39, 0.29) is 11.8 Å². The lowest BCUT2D eigenvalue weighted by Crippen LogP contribution is -2.44. The molecule has 0 bridgehead atoms. The SMILES string of the molecule is COc1ccc2cc(C(=O)N3CCC(C(=O)N4CCCCCC4)CC3)[nH]c2c1. The van der Waals surface area contributed by atoms with Gasteiger partial charge in [-0.1, -0.05) is 12.8 Å². The molecule has 28 heavy (non-hydrogen) atoms. The highest BCUT2D eigenvalue weighted by molar-refractivity contribution is 5.98. The zero-order valence-corrected chi connectivity index (χ0v) is 16.6. The lowest BCUT2D eigenvalue weighted by Gasteiger charge is -2.33. The van der Waals surface area contributed by atoms with Gasteiger partial charge in [-0.25, -0.2) is 0 Å². The average molecular weight is 383 g/mol. The minimum Gasteiger partial charge on any atom is -0.497 e. The number of nitrogens with zero attached hydrogens (tertiary/aromatic N) is 2. The number of amides is 2. The monoisotopic (exact) mass is 383 g/mol. The van der Waals surface area contributed by atoms with E-state index in [0.29, 0.717) is 24.7 Å². The fourth-order valence-electron chi connectivity index (χ4n) is 4.40. The van der Waals surface area contributed by atoms with E-state index in [0.717, 1.165) is 55.4 Å². The van der Waals surface area contributed by atoms with Gasteiger partial charge in [-0.3, -0.25) is 9.59 Å². The molecule has 2 fully saturated rings. The van der Waals surface area contributed by atoms with Gasteiger partial charge in [-0.15, -0.1) is 0 Å². The van der Waals surface area contributed by atoms with Gasteiger partial charge >= 0.3 is 0 Å². The van der Waals surface area contributed by atoms with Crippen molar-refractivity contribution in [2.45, 2.75) is 38.5 Å². The topological polar surface area (TPSA) is 65.6 Å². The maximum absolute atomic E-state index is 12.9. The molecule has 6 heteroatoms. The van der Waals surface area contributed by atoms with Gasteiger partial charge in [0.05, 0.1) is 7.11 Å². The first-order chi connectivity index (χ1) is 13.7. The van der Waals surface area contributed by atoms with Crippen LogP contribution in [0.2, 0.25) is 0 Å². The Morgan fingerprint density at radius 2 is 1.68 bits per heavy atom. The first-order valence-electron chi connectivity index (χ1n) is 10.4. The summed E-state index contributed by atoms with van der Waals surface area (Å²) in [5, 5.41) is 0.996. The average Bonchev–Trinajstić information content (AvgIpc) is 2.97. The molecule has 0 aliphatic carbocycles. The Morgan fingerprint density at radius 3 is 2.36 bits per heavy atom. The number of rotatable bonds is 3. The number of benzene rings is 1. The molecule has 4 rings (SSSR count). The summed E-state index contributed by atoms with van der Waals surface area (Å²) < 4.78 is 5.25. The van der Waals surface area contributed by atoms with E-state index >= 15 is 0 Å². The number of hydrogen-bond donors (Lipinski definition) is 1. The number of carbonyl (C=O) groups is 2. The van der Waals surface area contributed by atoms with Gasteiger partial charge in [-0.2, -0.15) is 0 Å². The Hall–Kier alpha value is -2.50. The number of likely N-dealkylation sites (tertiary alicyclic amines) is 2. The van der Waals surface area contributed by atoms with Crippen molar-refractivity contribution in [2.24, 2.45) is 5.92 Å². The summed E-state index contributed by atoms with van der Waals surface area (Å²) in [6, 6.07) is 7.64. The maximum atomic E-state index is 12.9. The van der Waals surface area contributed by atoms with Gasteiger partial charge < -0.3 is 19.5 Å². The van der Waals surface area contributed by atoms with Gasteiger partial charge in [0.1, 0.15) is 11.4 Å². The molecular formula is C22H29N3O3. The van der Waals surface area contributed by atoms with Crippen LogP contribution in [-0.4, -0.2) is 59.9 Å². The molecule has 0 spiro atoms. The Kier molecular flexibility index (Phi) is 5.55. The first kappa shape index (κ1) is 18.8. The van der Waals surface area contributed by atoms with Gasteiger partial charge in [0.15, 0.2) is 0 Å². The summed E-state index contributed by atoms with van der Waals surface area (Å²) in [6.45, 7) is 3.08. The second-order valence-corrected chi connectivity index (χ2v) is 7.94. The molecule has 0 atom stereocenters. The molecule has 0 radical (unpaired) electrons. The minimum absolute atomic E-state index is 0.0100. The number of methoxy groups -OCH3 is 1. The molecule has 2 saturated heterocycles. The second-order valence-electron chi connectivity index (χ2n) is 7.94. The van der Waals surface area contributed by atoms with E-state index in [9.17, 15) is 9.59 Å². The number of aromatic nitrogens is 1. The smallest absolute Gasteiger partial charge is 0.270 e. The van der Waals surface area contributed by atoms with E-state index in [4.69, 9.17) is 4.74 Å². The normalized spacial score (nSPS) is 18.9. The molecule has 0 saturated carbocycles. The third-order valence-corrected chi connectivity index (χ3v) is 6.11. The summed E-state index contributed by atoms with van der Waals surface area (Å²) in [7, 11) is 1.63. The van der Waals surface area contributed by atoms with Crippen LogP contribution in [0, 0.1) is 5.92 Å². The highest BCUT2D eigenvalue weighted by Crippen LogP contribution is 2.25. The zero-order chi connectivity index (χ0) is 19.5. The Bertz CT molecular complexity index is 844. The maximum Gasteiger partial charge on any atom is 0.270 e. The fraction of sp³-hybridized carbons (Fsp3) is 0.545. The van der Waals surface area contributed by atoms with E-state index < -0.39 is 0 Å². The first-order valence-corrected chi connectivity index (χ1v) is 10.4. The van der Waals surface area contributed by atoms with Gasteiger partial charge in [0, 0.05) is 49.1 Å². The van der Waals surface area contributed by atoms with E-state index in [2.05, 4.69) is 9.88 Å². The third kappa shape index (κ3) is 3.86. The van der Waals surface area contributed by atoms with Crippen molar-refractivity contribution in [3.05, 3.63) is 30.0 Å². The largest absolute Gasteiger partial charge is 0.497 e. The summed E-state index contributed by atoms with van der Waals surface area (Å²) in [5.41, 5.74) is 1.49. The van der Waals surface area contributed by atoms with Crippen LogP contribution in [0.25, 0.3) is 10.9 Å². The van der Waals surface area contributed by atoms with Gasteiger partial charge in [0.2, 0.25) is 5.91 Å². The van der Waals surface area contributed by atoms with Crippen LogP contribution >= 0.6 is 0 Å². The van der Waals surface area contributed by atoms with Crippen LogP contribution < -0.4 is 4.74 Å². The molecule has 2 aromatic rings. The van der Waals surface area contributed by atoms with Crippen molar-refractivity contribution in [1.29, 1.82) is 0 Å². The van der Waals surface area contributed by atoms with Crippen molar-refractivity contribution >= 4 is 22.7 Å². The lowest BCUT2D eigenvalue weighted by molar-refractivity contribution is -0.136. The van der Waals surface area contributed by atoms with Crippen molar-refractivity contribution in [3.63, 3.8) is 0 Å². The number of hydrogen-bond acceptors (Lipinski definition) is 3. The zero-order valence-electron chi connectivity index (χ0n) is 16.6. The highest BCUT2D eigenvalue weighted by Gasteiger charge is 2.31. The van der Waals surface area contributed by atoms with Crippen molar-refractivity contribution in [1.82, 2.24) is 14.8 Å². The molecule has 3 heterocycles. The van der Waals surface area contributed by atoms with Crippen molar-refractivity contribution in [2.75, 3.05) is 33.3 Å². The highest BCUT2D eigenvalue weighted by atomic mass is 16.5. The van der Waals surface area contributed by atoms with Gasteiger partial charge in [0.25, 0.3) is 5.91 Å². The summed E-state index contributed by atoms with van der Waals surface area (Å²) in [5.74, 6) is 1.14. The van der Waals surface area contributed by atoms with Crippen LogP contribution in [0.1, 0.15) is 49.0 Å². The summed E-state index contributed by atoms with van der Waals surface area (Å²) >= 11 is 0. The molecule has 1 aromatic carbocycles. The fourth-order valence-corrected chi connectivity index (χ4v) is 4.40. The van der Waals surface area contributed by atoms with E-state index in [1.165, 1.54) is 12.8 Å². The molecule has 0 unspecified atom stereocenters. The lowest BCUT2D eigenvalue weighted by atomic mass is 9.95. The van der Waals surface area contributed by atoms with Crippen LogP contribution in [0.4, 0.5) is 0 Å². The minimum atomic E-state index is 0.0100. The Morgan fingerprint density at radius 1 is 0.964 bits per heavy atom. The number of fused-ring (bicyclic) bond motifs is 1. The number of aromatic amines is 1. The van der Waals surface area contributed by atoms with Gasteiger partial charge in [-0.05, 0) is 43.9 Å². The summed E-state index contributed by atoms with van der Waals surface area (Å²) in [6.07, 6.45) is 6.22. The summed E-state index contributed by atoms with van der Waals surface area (Å²) in [4.78, 5) is 32.9. The number of ether oxygens (including phenoxy) is 1. The second kappa shape index (κ2) is 8.25. The predicted octanol–water partition coefficient (Wildman–Crippen LogP) is 3.43. The molecule has 2 aliphatic rings. The number of nitrogens with one attached hydrogen (secondary N) is 1. The van der Waals surface area contributed by atoms with Crippen LogP contribution in [-0.2, 0) is 4.79 Å². The molecular weight excluding hydrogens is 354 g/mol. The van der Waals surface area contributed by atoms with Crippen molar-refractivity contribution in [3.8, 4) is 5.75 Å². The van der Waals surface area contributed by atoms with Crippen molar-refractivity contribution < 1.29 is 14.3 Å². The Labute approximate surface area is 165 Å². The van der Waals surface area contributed by atoms with E-state index in [1.807, 2.05) is 29.2 Å².